The molecule has 1 aliphatic heterocycles. The highest BCUT2D eigenvalue weighted by molar-refractivity contribution is 5.80. The van der Waals surface area contributed by atoms with Crippen LogP contribution in [0.1, 0.15) is 37.7 Å². The third-order valence-corrected chi connectivity index (χ3v) is 5.20. The minimum absolute atomic E-state index is 0.119. The molecule has 0 radical (unpaired) electrons. The number of piperidine rings is 1. The number of nitrogens with one attached hydrogen (secondary N) is 2. The second-order valence-corrected chi connectivity index (χ2v) is 7.16. The van der Waals surface area contributed by atoms with Gasteiger partial charge < -0.3 is 15.5 Å². The Hall–Kier alpha value is -2.64. The fourth-order valence-electron chi connectivity index (χ4n) is 3.48. The lowest BCUT2D eigenvalue weighted by atomic mass is 9.93. The molecule has 28 heavy (non-hydrogen) atoms. The third-order valence-electron chi connectivity index (χ3n) is 5.20. The number of non-ortho nitro benzene ring substituents is 1. The smallest absolute Gasteiger partial charge is 0.269 e. The first-order chi connectivity index (χ1) is 13.5. The van der Waals surface area contributed by atoms with Crippen LogP contribution in [-0.4, -0.2) is 55.4 Å². The zero-order chi connectivity index (χ0) is 20.4. The number of rotatable bonds is 8. The number of hydrogen-bond donors (Lipinski definition) is 2. The first kappa shape index (κ1) is 21.7. The highest BCUT2D eigenvalue weighted by Gasteiger charge is 2.22. The summed E-state index contributed by atoms with van der Waals surface area (Å²) >= 11 is 0. The number of aliphatic imine (C=N–C) groups is 1. The van der Waals surface area contributed by atoms with Crippen molar-refractivity contribution in [2.24, 2.45) is 10.9 Å². The number of amides is 1. The summed E-state index contributed by atoms with van der Waals surface area (Å²) < 4.78 is 0. The molecule has 0 bridgehead atoms. The highest BCUT2D eigenvalue weighted by Crippen LogP contribution is 2.20. The molecule has 1 fully saturated rings. The fourth-order valence-corrected chi connectivity index (χ4v) is 3.48. The number of benzene rings is 1. The number of aryl methyl sites for hydroxylation is 1. The van der Waals surface area contributed by atoms with Crippen LogP contribution in [0.15, 0.2) is 29.3 Å². The van der Waals surface area contributed by atoms with Crippen LogP contribution in [0.2, 0.25) is 0 Å². The van der Waals surface area contributed by atoms with Crippen LogP contribution in [0.4, 0.5) is 5.69 Å². The molecule has 1 aliphatic rings. The van der Waals surface area contributed by atoms with Crippen molar-refractivity contribution in [2.75, 3.05) is 33.7 Å². The van der Waals surface area contributed by atoms with Gasteiger partial charge in [-0.05, 0) is 43.6 Å². The lowest BCUT2D eigenvalue weighted by molar-refractivity contribution is -0.384. The molecular formula is C20H31N5O3. The Labute approximate surface area is 166 Å². The molecule has 1 aromatic rings. The number of guanidine groups is 1. The van der Waals surface area contributed by atoms with E-state index < -0.39 is 0 Å². The fraction of sp³-hybridized carbons (Fsp3) is 0.600. The Kier molecular flexibility index (Phi) is 8.71. The van der Waals surface area contributed by atoms with Crippen molar-refractivity contribution in [3.8, 4) is 0 Å². The monoisotopic (exact) mass is 389 g/mol. The van der Waals surface area contributed by atoms with Crippen molar-refractivity contribution in [1.29, 1.82) is 0 Å². The van der Waals surface area contributed by atoms with Gasteiger partial charge in [0.25, 0.3) is 5.69 Å². The largest absolute Gasteiger partial charge is 0.359 e. The van der Waals surface area contributed by atoms with Gasteiger partial charge >= 0.3 is 0 Å². The van der Waals surface area contributed by atoms with Crippen LogP contribution < -0.4 is 10.6 Å². The van der Waals surface area contributed by atoms with E-state index in [1.165, 1.54) is 0 Å². The molecule has 0 unspecified atom stereocenters. The summed E-state index contributed by atoms with van der Waals surface area (Å²) in [5, 5.41) is 16.8. The second kappa shape index (κ2) is 11.3. The lowest BCUT2D eigenvalue weighted by Crippen LogP contribution is -2.46. The van der Waals surface area contributed by atoms with E-state index in [2.05, 4.69) is 20.5 Å². The molecule has 8 heteroatoms. The molecule has 2 N–H and O–H groups in total. The Morgan fingerprint density at radius 2 is 1.93 bits per heavy atom. The molecular weight excluding hydrogens is 358 g/mol. The third kappa shape index (κ3) is 6.83. The van der Waals surface area contributed by atoms with Gasteiger partial charge in [0.15, 0.2) is 5.96 Å². The SMILES string of the molecule is CN=C(NCCCCc1ccc([N+](=O)[O-])cc1)N1CCC(CC(=O)NC)CC1. The van der Waals surface area contributed by atoms with Gasteiger partial charge in [-0.25, -0.2) is 0 Å². The van der Waals surface area contributed by atoms with Gasteiger partial charge in [0, 0.05) is 52.3 Å². The van der Waals surface area contributed by atoms with E-state index in [-0.39, 0.29) is 16.5 Å². The number of nitro groups is 1. The Morgan fingerprint density at radius 3 is 2.50 bits per heavy atom. The second-order valence-electron chi connectivity index (χ2n) is 7.16. The maximum atomic E-state index is 11.5. The van der Waals surface area contributed by atoms with Crippen LogP contribution in [0.5, 0.6) is 0 Å². The minimum atomic E-state index is -0.374. The van der Waals surface area contributed by atoms with Crippen LogP contribution in [-0.2, 0) is 11.2 Å². The molecule has 2 rings (SSSR count). The number of carbonyl (C=O) groups is 1. The first-order valence-electron chi connectivity index (χ1n) is 9.93. The molecule has 1 amide bonds. The minimum Gasteiger partial charge on any atom is -0.359 e. The highest BCUT2D eigenvalue weighted by atomic mass is 16.6. The molecule has 0 aliphatic carbocycles. The number of nitrogens with zero attached hydrogens (tertiary/aromatic N) is 3. The van der Waals surface area contributed by atoms with Crippen molar-refractivity contribution in [3.05, 3.63) is 39.9 Å². The Balaban J connectivity index is 1.65. The molecule has 0 saturated carbocycles. The molecule has 0 atom stereocenters. The van der Waals surface area contributed by atoms with Crippen molar-refractivity contribution in [1.82, 2.24) is 15.5 Å². The number of unbranched alkanes of at least 4 members (excludes halogenated alkanes) is 1. The van der Waals surface area contributed by atoms with E-state index in [1.807, 2.05) is 12.1 Å². The first-order valence-corrected chi connectivity index (χ1v) is 9.93. The summed E-state index contributed by atoms with van der Waals surface area (Å²) in [7, 11) is 3.49. The average molecular weight is 390 g/mol. The summed E-state index contributed by atoms with van der Waals surface area (Å²) in [4.78, 5) is 28.5. The Bertz CT molecular complexity index is 667. The van der Waals surface area contributed by atoms with Crippen molar-refractivity contribution in [2.45, 2.75) is 38.5 Å². The predicted molar refractivity (Wildman–Crippen MR) is 110 cm³/mol. The van der Waals surface area contributed by atoms with Gasteiger partial charge in [0.2, 0.25) is 5.91 Å². The van der Waals surface area contributed by atoms with E-state index >= 15 is 0 Å². The topological polar surface area (TPSA) is 99.9 Å². The van der Waals surface area contributed by atoms with E-state index in [0.717, 1.165) is 63.3 Å². The summed E-state index contributed by atoms with van der Waals surface area (Å²) in [5.41, 5.74) is 1.25. The number of carbonyl (C=O) groups excluding carboxylic acids is 1. The maximum Gasteiger partial charge on any atom is 0.269 e. The summed E-state index contributed by atoms with van der Waals surface area (Å²) in [6.45, 7) is 2.69. The van der Waals surface area contributed by atoms with E-state index in [0.29, 0.717) is 12.3 Å². The average Bonchev–Trinajstić information content (AvgIpc) is 2.71. The van der Waals surface area contributed by atoms with Crippen LogP contribution in [0.3, 0.4) is 0 Å². The van der Waals surface area contributed by atoms with Crippen molar-refractivity contribution < 1.29 is 9.72 Å². The van der Waals surface area contributed by atoms with Crippen molar-refractivity contribution in [3.63, 3.8) is 0 Å². The molecule has 1 heterocycles. The van der Waals surface area contributed by atoms with Gasteiger partial charge in [0.05, 0.1) is 4.92 Å². The van der Waals surface area contributed by atoms with Gasteiger partial charge in [-0.2, -0.15) is 0 Å². The maximum absolute atomic E-state index is 11.5. The predicted octanol–water partition coefficient (Wildman–Crippen LogP) is 2.34. The van der Waals surface area contributed by atoms with Gasteiger partial charge in [0.1, 0.15) is 0 Å². The molecule has 1 aromatic carbocycles. The zero-order valence-corrected chi connectivity index (χ0v) is 16.8. The van der Waals surface area contributed by atoms with Gasteiger partial charge in [-0.1, -0.05) is 12.1 Å². The van der Waals surface area contributed by atoms with Gasteiger partial charge in [-0.15, -0.1) is 0 Å². The normalized spacial score (nSPS) is 15.4. The number of nitro benzene ring substituents is 1. The van der Waals surface area contributed by atoms with E-state index in [4.69, 9.17) is 0 Å². The summed E-state index contributed by atoms with van der Waals surface area (Å²) in [5.74, 6) is 1.50. The van der Waals surface area contributed by atoms with Crippen LogP contribution in [0.25, 0.3) is 0 Å². The molecule has 0 spiro atoms. The zero-order valence-electron chi connectivity index (χ0n) is 16.8. The molecule has 8 nitrogen and oxygen atoms in total. The molecule has 154 valence electrons. The standard InChI is InChI=1S/C20H31N5O3/c1-21-19(26)15-17-10-13-24(14-11-17)20(22-2)23-12-4-3-5-16-6-8-18(9-7-16)25(27)28/h6-9,17H,3-5,10-15H2,1-2H3,(H,21,26)(H,22,23). The van der Waals surface area contributed by atoms with E-state index in [9.17, 15) is 14.9 Å². The lowest BCUT2D eigenvalue weighted by Gasteiger charge is -2.34. The van der Waals surface area contributed by atoms with Gasteiger partial charge in [-0.3, -0.25) is 19.9 Å². The van der Waals surface area contributed by atoms with Crippen LogP contribution in [0, 0.1) is 16.0 Å². The summed E-state index contributed by atoms with van der Waals surface area (Å²) in [6.07, 6.45) is 5.55. The number of likely N-dealkylation sites (tertiary alicyclic amines) is 1. The van der Waals surface area contributed by atoms with E-state index in [1.54, 1.807) is 26.2 Å². The quantitative estimate of drug-likeness (QED) is 0.234. The Morgan fingerprint density at radius 1 is 1.25 bits per heavy atom. The molecule has 0 aromatic heterocycles. The van der Waals surface area contributed by atoms with Crippen molar-refractivity contribution >= 4 is 17.6 Å². The molecule has 1 saturated heterocycles. The van der Waals surface area contributed by atoms with Crippen LogP contribution >= 0.6 is 0 Å². The number of hydrogen-bond acceptors (Lipinski definition) is 4. The summed E-state index contributed by atoms with van der Waals surface area (Å²) in [6, 6.07) is 6.77.